The fourth-order valence-electron chi connectivity index (χ4n) is 5.18. The SMILES string of the molecule is CNC(=O)c1nnc(NC(=O)C2CC2)cc1Nc1cc(F)cc2c1N(C)Cc1c-2cnn1C1CCOCC1. The van der Waals surface area contributed by atoms with Crippen molar-refractivity contribution >= 4 is 34.7 Å². The van der Waals surface area contributed by atoms with E-state index in [2.05, 4.69) is 35.9 Å². The third-order valence-electron chi connectivity index (χ3n) is 7.27. The molecule has 0 spiro atoms. The number of benzene rings is 1. The number of nitrogens with zero attached hydrogens (tertiary/aromatic N) is 5. The third kappa shape index (κ3) is 4.44. The van der Waals surface area contributed by atoms with Gasteiger partial charge in [-0.05, 0) is 37.8 Å². The number of anilines is 4. The monoisotopic (exact) mass is 520 g/mol. The van der Waals surface area contributed by atoms with Crippen molar-refractivity contribution in [2.75, 3.05) is 42.8 Å². The molecule has 3 aliphatic rings. The Hall–Kier alpha value is -4.06. The van der Waals surface area contributed by atoms with Crippen molar-refractivity contribution in [1.82, 2.24) is 25.3 Å². The Kier molecular flexibility index (Phi) is 6.18. The average Bonchev–Trinajstić information content (AvgIpc) is 3.68. The fraction of sp³-hybridized carbons (Fsp3) is 0.423. The molecule has 198 valence electrons. The van der Waals surface area contributed by atoms with Crippen LogP contribution in [-0.2, 0) is 16.1 Å². The van der Waals surface area contributed by atoms with Crippen molar-refractivity contribution < 1.29 is 18.7 Å². The van der Waals surface area contributed by atoms with Gasteiger partial charge in [-0.1, -0.05) is 0 Å². The summed E-state index contributed by atoms with van der Waals surface area (Å²) in [6.45, 7) is 1.98. The van der Waals surface area contributed by atoms with Crippen molar-refractivity contribution in [3.05, 3.63) is 41.6 Å². The van der Waals surface area contributed by atoms with Gasteiger partial charge in [-0.15, -0.1) is 10.2 Å². The molecule has 0 radical (unpaired) electrons. The van der Waals surface area contributed by atoms with Crippen LogP contribution in [0.2, 0.25) is 0 Å². The second-order valence-corrected chi connectivity index (χ2v) is 9.96. The third-order valence-corrected chi connectivity index (χ3v) is 7.27. The molecule has 1 saturated carbocycles. The zero-order valence-electron chi connectivity index (χ0n) is 21.3. The van der Waals surface area contributed by atoms with E-state index in [4.69, 9.17) is 4.74 Å². The number of nitrogens with one attached hydrogen (secondary N) is 3. The molecule has 2 aromatic heterocycles. The Morgan fingerprint density at radius 1 is 1.05 bits per heavy atom. The van der Waals surface area contributed by atoms with Gasteiger partial charge in [0.1, 0.15) is 5.82 Å². The summed E-state index contributed by atoms with van der Waals surface area (Å²) < 4.78 is 22.6. The number of fused-ring (bicyclic) bond motifs is 3. The van der Waals surface area contributed by atoms with Gasteiger partial charge in [0.2, 0.25) is 5.91 Å². The summed E-state index contributed by atoms with van der Waals surface area (Å²) in [7, 11) is 3.43. The molecule has 38 heavy (non-hydrogen) atoms. The molecule has 1 saturated heterocycles. The van der Waals surface area contributed by atoms with Crippen LogP contribution in [0.4, 0.5) is 27.3 Å². The quantitative estimate of drug-likeness (QED) is 0.452. The molecule has 3 aromatic rings. The van der Waals surface area contributed by atoms with Crippen LogP contribution in [-0.4, -0.2) is 59.1 Å². The first-order valence-corrected chi connectivity index (χ1v) is 12.8. The standard InChI is InChI=1S/C26H29FN8O3/c1-28-26(37)23-19(11-22(32-33-23)31-25(36)14-3-4-14)30-20-10-15(27)9-17-18-12-29-35(16-5-7-38-8-6-16)21(18)13-34(2)24(17)20/h9-12,14,16H,3-8,13H2,1-2H3,(H,28,37)(H2,30,31,32,36). The molecular weight excluding hydrogens is 491 g/mol. The normalized spacial score (nSPS) is 17.0. The molecule has 2 amide bonds. The minimum Gasteiger partial charge on any atom is -0.381 e. The maximum atomic E-state index is 15.0. The Labute approximate surface area is 218 Å². The Morgan fingerprint density at radius 3 is 2.58 bits per heavy atom. The van der Waals surface area contributed by atoms with Crippen LogP contribution in [0.5, 0.6) is 0 Å². The van der Waals surface area contributed by atoms with Gasteiger partial charge in [-0.2, -0.15) is 5.10 Å². The molecule has 6 rings (SSSR count). The zero-order chi connectivity index (χ0) is 26.4. The number of aromatic nitrogens is 4. The summed E-state index contributed by atoms with van der Waals surface area (Å²) in [4.78, 5) is 26.9. The van der Waals surface area contributed by atoms with Crippen LogP contribution in [0, 0.1) is 11.7 Å². The molecule has 2 fully saturated rings. The van der Waals surface area contributed by atoms with E-state index in [-0.39, 0.29) is 29.4 Å². The van der Waals surface area contributed by atoms with E-state index >= 15 is 4.39 Å². The van der Waals surface area contributed by atoms with Gasteiger partial charge in [0, 0.05) is 50.4 Å². The number of rotatable bonds is 6. The average molecular weight is 521 g/mol. The second kappa shape index (κ2) is 9.67. The number of carbonyl (C=O) groups is 2. The minimum atomic E-state index is -0.460. The highest BCUT2D eigenvalue weighted by Crippen LogP contribution is 2.45. The van der Waals surface area contributed by atoms with E-state index in [1.165, 1.54) is 19.2 Å². The molecule has 0 bridgehead atoms. The van der Waals surface area contributed by atoms with Crippen molar-refractivity contribution in [3.8, 4) is 11.1 Å². The molecule has 1 aliphatic carbocycles. The van der Waals surface area contributed by atoms with Crippen molar-refractivity contribution in [1.29, 1.82) is 0 Å². The Morgan fingerprint density at radius 2 is 1.84 bits per heavy atom. The lowest BCUT2D eigenvalue weighted by Gasteiger charge is -2.32. The molecule has 11 nitrogen and oxygen atoms in total. The number of hydrogen-bond acceptors (Lipinski definition) is 8. The van der Waals surface area contributed by atoms with Crippen LogP contribution in [0.15, 0.2) is 24.4 Å². The van der Waals surface area contributed by atoms with E-state index in [0.29, 0.717) is 36.7 Å². The Bertz CT molecular complexity index is 1410. The first-order valence-electron chi connectivity index (χ1n) is 12.8. The van der Waals surface area contributed by atoms with Crippen molar-refractivity contribution in [2.24, 2.45) is 5.92 Å². The number of hydrogen-bond donors (Lipinski definition) is 3. The largest absolute Gasteiger partial charge is 0.381 e. The smallest absolute Gasteiger partial charge is 0.273 e. The summed E-state index contributed by atoms with van der Waals surface area (Å²) >= 11 is 0. The minimum absolute atomic E-state index is 0.0213. The van der Waals surface area contributed by atoms with Gasteiger partial charge in [0.25, 0.3) is 5.91 Å². The van der Waals surface area contributed by atoms with Gasteiger partial charge < -0.3 is 25.6 Å². The van der Waals surface area contributed by atoms with Gasteiger partial charge >= 0.3 is 0 Å². The predicted molar refractivity (Wildman–Crippen MR) is 139 cm³/mol. The lowest BCUT2D eigenvalue weighted by molar-refractivity contribution is -0.117. The van der Waals surface area contributed by atoms with Gasteiger partial charge in [-0.25, -0.2) is 4.39 Å². The highest BCUT2D eigenvalue weighted by Gasteiger charge is 2.32. The number of halogens is 1. The van der Waals surface area contributed by atoms with Crippen molar-refractivity contribution in [3.63, 3.8) is 0 Å². The lowest BCUT2D eigenvalue weighted by atomic mass is 9.97. The zero-order valence-corrected chi connectivity index (χ0v) is 21.3. The Balaban J connectivity index is 1.39. The molecule has 2 aliphatic heterocycles. The molecule has 3 N–H and O–H groups in total. The van der Waals surface area contributed by atoms with Gasteiger partial charge in [0.05, 0.1) is 41.5 Å². The highest BCUT2D eigenvalue weighted by molar-refractivity contribution is 6.01. The summed E-state index contributed by atoms with van der Waals surface area (Å²) in [5.41, 5.74) is 4.18. The van der Waals surface area contributed by atoms with E-state index in [9.17, 15) is 9.59 Å². The highest BCUT2D eigenvalue weighted by atomic mass is 19.1. The number of carbonyl (C=O) groups excluding carboxylic acids is 2. The number of amides is 2. The van der Waals surface area contributed by atoms with Crippen molar-refractivity contribution in [2.45, 2.75) is 38.3 Å². The second-order valence-electron chi connectivity index (χ2n) is 9.96. The van der Waals surface area contributed by atoms with Gasteiger partial charge in [0.15, 0.2) is 11.5 Å². The van der Waals surface area contributed by atoms with E-state index in [0.717, 1.165) is 42.6 Å². The maximum Gasteiger partial charge on any atom is 0.273 e. The van der Waals surface area contributed by atoms with E-state index in [1.807, 2.05) is 11.9 Å². The van der Waals surface area contributed by atoms with E-state index < -0.39 is 11.7 Å². The summed E-state index contributed by atoms with van der Waals surface area (Å²) in [5.74, 6) is -0.826. The molecular formula is C26H29FN8O3. The topological polar surface area (TPSA) is 126 Å². The molecule has 12 heteroatoms. The summed E-state index contributed by atoms with van der Waals surface area (Å²) in [6, 6.07) is 4.69. The van der Waals surface area contributed by atoms with Crippen LogP contribution in [0.3, 0.4) is 0 Å². The van der Waals surface area contributed by atoms with Crippen LogP contribution < -0.4 is 20.9 Å². The molecule has 4 heterocycles. The van der Waals surface area contributed by atoms with E-state index in [1.54, 1.807) is 12.3 Å². The molecule has 0 atom stereocenters. The summed E-state index contributed by atoms with van der Waals surface area (Å²) in [5, 5.41) is 21.3. The first-order chi connectivity index (χ1) is 18.4. The molecule has 0 unspecified atom stereocenters. The van der Waals surface area contributed by atoms with Crippen LogP contribution in [0.1, 0.15) is 47.9 Å². The predicted octanol–water partition coefficient (Wildman–Crippen LogP) is 3.23. The molecule has 1 aromatic carbocycles. The summed E-state index contributed by atoms with van der Waals surface area (Å²) in [6.07, 6.45) is 5.26. The van der Waals surface area contributed by atoms with Gasteiger partial charge in [-0.3, -0.25) is 14.3 Å². The first kappa shape index (κ1) is 24.3. The maximum absolute atomic E-state index is 15.0. The lowest BCUT2D eigenvalue weighted by Crippen LogP contribution is -2.28. The fourth-order valence-corrected chi connectivity index (χ4v) is 5.18. The number of ether oxygens (including phenoxy) is 1. The van der Waals surface area contributed by atoms with Crippen LogP contribution in [0.25, 0.3) is 11.1 Å². The van der Waals surface area contributed by atoms with Crippen LogP contribution >= 0.6 is 0 Å².